The van der Waals surface area contributed by atoms with Gasteiger partial charge in [0.25, 0.3) is 0 Å². The van der Waals surface area contributed by atoms with Crippen LogP contribution in [0.15, 0.2) is 24.3 Å². The lowest BCUT2D eigenvalue weighted by molar-refractivity contribution is 0.00578. The van der Waals surface area contributed by atoms with Crippen molar-refractivity contribution in [2.75, 3.05) is 13.6 Å². The van der Waals surface area contributed by atoms with Crippen molar-refractivity contribution in [1.82, 2.24) is 5.32 Å². The first-order valence-electron chi connectivity index (χ1n) is 6.95. The molecule has 2 rings (SSSR count). The molecule has 20 heavy (non-hydrogen) atoms. The number of halogens is 1. The molecule has 112 valence electrons. The van der Waals surface area contributed by atoms with Crippen LogP contribution in [0.4, 0.5) is 0 Å². The molecule has 1 saturated heterocycles. The highest BCUT2D eigenvalue weighted by Gasteiger charge is 2.51. The van der Waals surface area contributed by atoms with E-state index in [9.17, 15) is 0 Å². The third-order valence-corrected chi connectivity index (χ3v) is 4.17. The third kappa shape index (κ3) is 3.56. The molecular weight excluding hydrogens is 272 g/mol. The minimum absolute atomic E-state index is 0. The minimum atomic E-state index is -0.275. The number of hydrogen-bond donors (Lipinski definition) is 1. The fourth-order valence-electron chi connectivity index (χ4n) is 2.09. The summed E-state index contributed by atoms with van der Waals surface area (Å²) < 4.78 is 12.1. The molecule has 1 aliphatic rings. The molecule has 1 aromatic carbocycles. The second-order valence-corrected chi connectivity index (χ2v) is 6.18. The third-order valence-electron chi connectivity index (χ3n) is 4.17. The topological polar surface area (TPSA) is 30.5 Å². The van der Waals surface area contributed by atoms with Crippen LogP contribution in [0.3, 0.4) is 0 Å². The molecule has 0 unspecified atom stereocenters. The first kappa shape index (κ1) is 17.5. The van der Waals surface area contributed by atoms with E-state index in [-0.39, 0.29) is 30.7 Å². The Bertz CT molecular complexity index is 418. The Morgan fingerprint density at radius 3 is 1.95 bits per heavy atom. The molecule has 0 bridgehead atoms. The van der Waals surface area contributed by atoms with Crippen molar-refractivity contribution < 1.29 is 9.31 Å². The quantitative estimate of drug-likeness (QED) is 0.864. The summed E-state index contributed by atoms with van der Waals surface area (Å²) in [5.74, 6) is 0. The summed E-state index contributed by atoms with van der Waals surface area (Å²) in [6.07, 6.45) is 1.04. The van der Waals surface area contributed by atoms with E-state index in [1.807, 2.05) is 7.05 Å². The number of hydrogen-bond acceptors (Lipinski definition) is 3. The van der Waals surface area contributed by atoms with Gasteiger partial charge in [0.05, 0.1) is 11.2 Å². The van der Waals surface area contributed by atoms with Gasteiger partial charge in [0.1, 0.15) is 0 Å². The highest BCUT2D eigenvalue weighted by Crippen LogP contribution is 2.36. The highest BCUT2D eigenvalue weighted by atomic mass is 35.5. The molecule has 0 aromatic heterocycles. The predicted molar refractivity (Wildman–Crippen MR) is 87.0 cm³/mol. The summed E-state index contributed by atoms with van der Waals surface area (Å²) in [5.41, 5.74) is 1.87. The average Bonchev–Trinajstić information content (AvgIpc) is 2.56. The molecule has 0 atom stereocenters. The van der Waals surface area contributed by atoms with E-state index in [2.05, 4.69) is 57.3 Å². The number of nitrogens with one attached hydrogen (secondary N) is 1. The van der Waals surface area contributed by atoms with E-state index in [1.54, 1.807) is 0 Å². The molecule has 1 heterocycles. The summed E-state index contributed by atoms with van der Waals surface area (Å²) in [6, 6.07) is 8.51. The normalized spacial score (nSPS) is 19.8. The number of rotatable bonds is 4. The fourth-order valence-corrected chi connectivity index (χ4v) is 2.09. The molecule has 0 spiro atoms. The molecule has 0 amide bonds. The van der Waals surface area contributed by atoms with Crippen LogP contribution in [0.5, 0.6) is 0 Å². The van der Waals surface area contributed by atoms with Gasteiger partial charge in [0.2, 0.25) is 0 Å². The van der Waals surface area contributed by atoms with Gasteiger partial charge in [-0.25, -0.2) is 0 Å². The zero-order valence-corrected chi connectivity index (χ0v) is 13.8. The molecule has 3 nitrogen and oxygen atoms in total. The second-order valence-electron chi connectivity index (χ2n) is 6.18. The van der Waals surface area contributed by atoms with Crippen molar-refractivity contribution in [2.45, 2.75) is 45.3 Å². The van der Waals surface area contributed by atoms with E-state index in [0.717, 1.165) is 18.4 Å². The van der Waals surface area contributed by atoms with E-state index >= 15 is 0 Å². The van der Waals surface area contributed by atoms with Gasteiger partial charge in [-0.3, -0.25) is 0 Å². The lowest BCUT2D eigenvalue weighted by Gasteiger charge is -2.32. The van der Waals surface area contributed by atoms with Gasteiger partial charge in [-0.05, 0) is 58.7 Å². The van der Waals surface area contributed by atoms with E-state index in [4.69, 9.17) is 9.31 Å². The van der Waals surface area contributed by atoms with Crippen LogP contribution in [0.2, 0.25) is 0 Å². The van der Waals surface area contributed by atoms with Crippen molar-refractivity contribution in [3.8, 4) is 0 Å². The smallest absolute Gasteiger partial charge is 0.399 e. The van der Waals surface area contributed by atoms with Crippen molar-refractivity contribution in [2.24, 2.45) is 0 Å². The zero-order valence-electron chi connectivity index (χ0n) is 13.0. The Kier molecular flexibility index (Phi) is 5.67. The minimum Gasteiger partial charge on any atom is -0.399 e. The zero-order chi connectivity index (χ0) is 14.1. The van der Waals surface area contributed by atoms with Gasteiger partial charge in [-0.1, -0.05) is 24.3 Å². The lowest BCUT2D eigenvalue weighted by Crippen LogP contribution is -2.41. The summed E-state index contributed by atoms with van der Waals surface area (Å²) in [7, 11) is 1.71. The molecular formula is C15H25BClNO2. The van der Waals surface area contributed by atoms with Gasteiger partial charge < -0.3 is 14.6 Å². The SMILES string of the molecule is CNCCc1ccc(B2OC(C)(C)C(C)(C)O2)cc1.Cl. The number of benzene rings is 1. The van der Waals surface area contributed by atoms with Gasteiger partial charge in [-0.15, -0.1) is 12.4 Å². The summed E-state index contributed by atoms with van der Waals surface area (Å²) in [5, 5.41) is 3.16. The van der Waals surface area contributed by atoms with Crippen molar-refractivity contribution in [3.63, 3.8) is 0 Å². The molecule has 0 saturated carbocycles. The molecule has 1 aromatic rings. The molecule has 0 radical (unpaired) electrons. The van der Waals surface area contributed by atoms with Crippen LogP contribution in [0.1, 0.15) is 33.3 Å². The van der Waals surface area contributed by atoms with Crippen molar-refractivity contribution >= 4 is 25.0 Å². The predicted octanol–water partition coefficient (Wildman–Crippen LogP) is 2.17. The second kappa shape index (κ2) is 6.48. The Labute approximate surface area is 129 Å². The maximum absolute atomic E-state index is 6.04. The maximum atomic E-state index is 6.04. The Balaban J connectivity index is 0.00000200. The van der Waals surface area contributed by atoms with E-state index < -0.39 is 0 Å². The van der Waals surface area contributed by atoms with Crippen LogP contribution in [-0.4, -0.2) is 31.9 Å². The Morgan fingerprint density at radius 2 is 1.50 bits per heavy atom. The Hall–Kier alpha value is -0.545. The van der Waals surface area contributed by atoms with E-state index in [1.165, 1.54) is 5.56 Å². The van der Waals surface area contributed by atoms with Crippen LogP contribution < -0.4 is 10.8 Å². The molecule has 5 heteroatoms. The standard InChI is InChI=1S/C15H24BNO2.ClH/c1-14(2)15(3,4)19-16(18-14)13-8-6-12(7-9-13)10-11-17-5;/h6-9,17H,10-11H2,1-5H3;1H. The van der Waals surface area contributed by atoms with Gasteiger partial charge >= 0.3 is 7.12 Å². The van der Waals surface area contributed by atoms with Crippen LogP contribution in [0, 0.1) is 0 Å². The van der Waals surface area contributed by atoms with Gasteiger partial charge in [0, 0.05) is 0 Å². The van der Waals surface area contributed by atoms with E-state index in [0.29, 0.717) is 0 Å². The number of likely N-dealkylation sites (N-methyl/N-ethyl adjacent to an activating group) is 1. The van der Waals surface area contributed by atoms with Crippen molar-refractivity contribution in [1.29, 1.82) is 0 Å². The summed E-state index contributed by atoms with van der Waals surface area (Å²) in [4.78, 5) is 0. The molecule has 1 N–H and O–H groups in total. The maximum Gasteiger partial charge on any atom is 0.494 e. The van der Waals surface area contributed by atoms with Crippen LogP contribution >= 0.6 is 12.4 Å². The molecule has 1 aliphatic heterocycles. The first-order valence-corrected chi connectivity index (χ1v) is 6.95. The van der Waals surface area contributed by atoms with Gasteiger partial charge in [-0.2, -0.15) is 0 Å². The molecule has 0 aliphatic carbocycles. The average molecular weight is 298 g/mol. The molecule has 1 fully saturated rings. The van der Waals surface area contributed by atoms with Crippen LogP contribution in [-0.2, 0) is 15.7 Å². The monoisotopic (exact) mass is 297 g/mol. The highest BCUT2D eigenvalue weighted by molar-refractivity contribution is 6.62. The fraction of sp³-hybridized carbons (Fsp3) is 0.600. The van der Waals surface area contributed by atoms with Crippen LogP contribution in [0.25, 0.3) is 0 Å². The lowest BCUT2D eigenvalue weighted by atomic mass is 9.79. The Morgan fingerprint density at radius 1 is 1.00 bits per heavy atom. The summed E-state index contributed by atoms with van der Waals surface area (Å²) >= 11 is 0. The van der Waals surface area contributed by atoms with Gasteiger partial charge in [0.15, 0.2) is 0 Å². The first-order chi connectivity index (χ1) is 8.86. The van der Waals surface area contributed by atoms with Crippen molar-refractivity contribution in [3.05, 3.63) is 29.8 Å². The largest absolute Gasteiger partial charge is 0.494 e. The summed E-state index contributed by atoms with van der Waals surface area (Å²) in [6.45, 7) is 9.31.